The largest absolute Gasteiger partial charge is 0.481 e. The average molecular weight is 272 g/mol. The molecule has 0 amide bonds. The van der Waals surface area contributed by atoms with E-state index in [9.17, 15) is 23.7 Å². The van der Waals surface area contributed by atoms with Gasteiger partial charge in [0, 0.05) is 6.07 Å². The molecule has 9 heteroatoms. The van der Waals surface area contributed by atoms with Gasteiger partial charge in [-0.1, -0.05) is 0 Å². The first kappa shape index (κ1) is 14.3. The molecule has 7 nitrogen and oxygen atoms in total. The molecule has 0 aliphatic rings. The van der Waals surface area contributed by atoms with E-state index in [0.717, 1.165) is 12.1 Å². The van der Waals surface area contributed by atoms with Crippen LogP contribution in [0.3, 0.4) is 0 Å². The minimum atomic E-state index is -3.29. The van der Waals surface area contributed by atoms with Crippen molar-refractivity contribution in [2.75, 3.05) is 0 Å². The Morgan fingerprint density at radius 3 is 2.63 bits per heavy atom. The number of benzene rings is 1. The van der Waals surface area contributed by atoms with Gasteiger partial charge in [0.25, 0.3) is 5.69 Å². The number of hydrogen-bond acceptors (Lipinski definition) is 5. The van der Waals surface area contributed by atoms with Gasteiger partial charge in [-0.15, -0.1) is 0 Å². The van der Waals surface area contributed by atoms with Gasteiger partial charge in [-0.2, -0.15) is 14.0 Å². The van der Waals surface area contributed by atoms with E-state index in [1.54, 1.807) is 0 Å². The maximum absolute atomic E-state index is 12.2. The van der Waals surface area contributed by atoms with E-state index >= 15 is 0 Å². The average Bonchev–Trinajstić information content (AvgIpc) is 2.29. The number of carboxylic acid groups (broad SMARTS) is 1. The molecule has 0 atom stereocenters. The highest BCUT2D eigenvalue weighted by Crippen LogP contribution is 2.32. The molecule has 0 aliphatic heterocycles. The van der Waals surface area contributed by atoms with Crippen molar-refractivity contribution in [3.05, 3.63) is 33.4 Å². The monoisotopic (exact) mass is 272 g/mol. The van der Waals surface area contributed by atoms with Gasteiger partial charge in [0.1, 0.15) is 5.75 Å². The van der Waals surface area contributed by atoms with Gasteiger partial charge in [0.2, 0.25) is 0 Å². The van der Waals surface area contributed by atoms with Crippen molar-refractivity contribution >= 4 is 11.7 Å². The maximum Gasteiger partial charge on any atom is 0.387 e. The first-order chi connectivity index (χ1) is 8.85. The summed E-state index contributed by atoms with van der Waals surface area (Å²) in [6, 6.07) is 3.17. The van der Waals surface area contributed by atoms with Crippen LogP contribution in [0.25, 0.3) is 0 Å². The predicted octanol–water partition coefficient (Wildman–Crippen LogP) is 1.69. The van der Waals surface area contributed by atoms with E-state index in [1.807, 2.05) is 0 Å². The third-order valence-corrected chi connectivity index (χ3v) is 2.06. The van der Waals surface area contributed by atoms with Crippen molar-refractivity contribution in [1.82, 2.24) is 0 Å². The van der Waals surface area contributed by atoms with Crippen LogP contribution >= 0.6 is 0 Å². The lowest BCUT2D eigenvalue weighted by Gasteiger charge is -2.10. The molecule has 0 aromatic heterocycles. The van der Waals surface area contributed by atoms with Crippen molar-refractivity contribution in [3.8, 4) is 11.8 Å². The van der Waals surface area contributed by atoms with Gasteiger partial charge in [0.15, 0.2) is 0 Å². The van der Waals surface area contributed by atoms with E-state index in [4.69, 9.17) is 10.4 Å². The number of carbonyl (C=O) groups is 1. The quantitative estimate of drug-likeness (QED) is 0.644. The normalized spacial score (nSPS) is 10.0. The zero-order valence-electron chi connectivity index (χ0n) is 9.17. The molecule has 1 rings (SSSR count). The zero-order chi connectivity index (χ0) is 14.6. The third kappa shape index (κ3) is 3.60. The minimum Gasteiger partial charge on any atom is -0.481 e. The molecule has 1 aromatic carbocycles. The SMILES string of the molecule is N#Cc1cc(OC(F)F)c(CC(=O)O)c([N+](=O)[O-])c1. The Hall–Kier alpha value is -2.76. The Morgan fingerprint density at radius 2 is 2.21 bits per heavy atom. The molecule has 0 saturated heterocycles. The minimum absolute atomic E-state index is 0.281. The van der Waals surface area contributed by atoms with Gasteiger partial charge in [-0.25, -0.2) is 0 Å². The second-order valence-electron chi connectivity index (χ2n) is 3.29. The van der Waals surface area contributed by atoms with Crippen LogP contribution in [0.4, 0.5) is 14.5 Å². The summed E-state index contributed by atoms with van der Waals surface area (Å²) in [4.78, 5) is 20.4. The fraction of sp³-hybridized carbons (Fsp3) is 0.200. The number of rotatable bonds is 5. The Labute approximate surface area is 104 Å². The molecular formula is C10H6F2N2O5. The molecule has 0 unspecified atom stereocenters. The number of alkyl halides is 2. The number of hydrogen-bond donors (Lipinski definition) is 1. The van der Waals surface area contributed by atoms with Crippen LogP contribution < -0.4 is 4.74 Å². The smallest absolute Gasteiger partial charge is 0.387 e. The van der Waals surface area contributed by atoms with Crippen LogP contribution in [0.15, 0.2) is 12.1 Å². The molecule has 0 radical (unpaired) electrons. The molecule has 0 aliphatic carbocycles. The standard InChI is InChI=1S/C10H6F2N2O5/c11-10(12)19-8-2-5(4-13)1-7(14(17)18)6(8)3-9(15)16/h1-2,10H,3H2,(H,15,16). The van der Waals surface area contributed by atoms with Crippen LogP contribution in [-0.4, -0.2) is 22.6 Å². The second-order valence-corrected chi connectivity index (χ2v) is 3.29. The highest BCUT2D eigenvalue weighted by Gasteiger charge is 2.24. The predicted molar refractivity (Wildman–Crippen MR) is 55.8 cm³/mol. The van der Waals surface area contributed by atoms with Crippen molar-refractivity contribution < 1.29 is 28.3 Å². The van der Waals surface area contributed by atoms with Crippen LogP contribution in [0.5, 0.6) is 5.75 Å². The summed E-state index contributed by atoms with van der Waals surface area (Å²) in [5.74, 6) is -2.14. The van der Waals surface area contributed by atoms with Gasteiger partial charge in [0.05, 0.1) is 28.5 Å². The lowest BCUT2D eigenvalue weighted by Crippen LogP contribution is -2.10. The fourth-order valence-corrected chi connectivity index (χ4v) is 1.39. The van der Waals surface area contributed by atoms with Crippen LogP contribution in [0.1, 0.15) is 11.1 Å². The maximum atomic E-state index is 12.2. The molecule has 19 heavy (non-hydrogen) atoms. The fourth-order valence-electron chi connectivity index (χ4n) is 1.39. The van der Waals surface area contributed by atoms with Crippen LogP contribution in [0.2, 0.25) is 0 Å². The van der Waals surface area contributed by atoms with Gasteiger partial charge >= 0.3 is 12.6 Å². The molecule has 100 valence electrons. The highest BCUT2D eigenvalue weighted by atomic mass is 19.3. The lowest BCUT2D eigenvalue weighted by atomic mass is 10.1. The van der Waals surface area contributed by atoms with E-state index < -0.39 is 40.9 Å². The van der Waals surface area contributed by atoms with E-state index in [2.05, 4.69) is 4.74 Å². The first-order valence-electron chi connectivity index (χ1n) is 4.73. The summed E-state index contributed by atoms with van der Waals surface area (Å²) >= 11 is 0. The van der Waals surface area contributed by atoms with Crippen molar-refractivity contribution in [2.45, 2.75) is 13.0 Å². The Bertz CT molecular complexity index is 568. The Morgan fingerprint density at radius 1 is 1.58 bits per heavy atom. The zero-order valence-corrected chi connectivity index (χ0v) is 9.17. The summed E-state index contributed by atoms with van der Waals surface area (Å²) in [6.45, 7) is -3.29. The van der Waals surface area contributed by atoms with Gasteiger partial charge in [-0.05, 0) is 6.07 Å². The van der Waals surface area contributed by atoms with Crippen LogP contribution in [-0.2, 0) is 11.2 Å². The summed E-state index contributed by atoms with van der Waals surface area (Å²) in [6.07, 6.45) is -0.871. The van der Waals surface area contributed by atoms with E-state index in [0.29, 0.717) is 0 Å². The van der Waals surface area contributed by atoms with Gasteiger partial charge < -0.3 is 9.84 Å². The number of carboxylic acids is 1. The van der Waals surface area contributed by atoms with Crippen molar-refractivity contribution in [2.24, 2.45) is 0 Å². The number of ether oxygens (including phenoxy) is 1. The third-order valence-electron chi connectivity index (χ3n) is 2.06. The molecule has 0 heterocycles. The molecule has 0 saturated carbocycles. The number of nitro benzene ring substituents is 1. The topological polar surface area (TPSA) is 113 Å². The summed E-state index contributed by atoms with van der Waals surface area (Å²) in [5.41, 5.74) is -1.55. The number of nitro groups is 1. The van der Waals surface area contributed by atoms with Crippen molar-refractivity contribution in [1.29, 1.82) is 5.26 Å². The van der Waals surface area contributed by atoms with E-state index in [-0.39, 0.29) is 5.56 Å². The van der Waals surface area contributed by atoms with Crippen molar-refractivity contribution in [3.63, 3.8) is 0 Å². The highest BCUT2D eigenvalue weighted by molar-refractivity contribution is 5.74. The first-order valence-corrected chi connectivity index (χ1v) is 4.73. The molecule has 1 N–H and O–H groups in total. The molecule has 0 fully saturated rings. The molecular weight excluding hydrogens is 266 g/mol. The lowest BCUT2D eigenvalue weighted by molar-refractivity contribution is -0.385. The second kappa shape index (κ2) is 5.72. The molecule has 0 bridgehead atoms. The number of nitrogens with zero attached hydrogens (tertiary/aromatic N) is 2. The number of aliphatic carboxylic acids is 1. The Balaban J connectivity index is 3.46. The summed E-state index contributed by atoms with van der Waals surface area (Å²) in [5, 5.41) is 28.0. The molecule has 1 aromatic rings. The Kier molecular flexibility index (Phi) is 4.31. The summed E-state index contributed by atoms with van der Waals surface area (Å²) < 4.78 is 28.4. The molecule has 0 spiro atoms. The van der Waals surface area contributed by atoms with Gasteiger partial charge in [-0.3, -0.25) is 14.9 Å². The summed E-state index contributed by atoms with van der Waals surface area (Å²) in [7, 11) is 0. The number of halogens is 2. The van der Waals surface area contributed by atoms with Crippen LogP contribution in [0, 0.1) is 21.4 Å². The van der Waals surface area contributed by atoms with E-state index in [1.165, 1.54) is 6.07 Å². The number of nitriles is 1.